The van der Waals surface area contributed by atoms with Gasteiger partial charge in [-0.05, 0) is 25.2 Å². The third-order valence-electron chi connectivity index (χ3n) is 6.33. The van der Waals surface area contributed by atoms with Crippen molar-refractivity contribution < 1.29 is 23.8 Å². The number of phenols is 1. The largest absolute Gasteiger partial charge is 0.505 e. The number of hydrogen-bond donors (Lipinski definition) is 2. The first-order chi connectivity index (χ1) is 15.9. The van der Waals surface area contributed by atoms with Crippen LogP contribution in [0.2, 0.25) is 0 Å². The van der Waals surface area contributed by atoms with Crippen LogP contribution in [0.15, 0.2) is 36.7 Å². The summed E-state index contributed by atoms with van der Waals surface area (Å²) in [6.07, 6.45) is 2.44. The van der Waals surface area contributed by atoms with E-state index >= 15 is 0 Å². The van der Waals surface area contributed by atoms with Gasteiger partial charge in [-0.3, -0.25) is 4.90 Å². The number of hydrogen-bond acceptors (Lipinski definition) is 8. The predicted octanol–water partition coefficient (Wildman–Crippen LogP) is 3.65. The highest BCUT2D eigenvalue weighted by atomic mass is 19.1. The van der Waals surface area contributed by atoms with Crippen LogP contribution in [0.5, 0.6) is 11.5 Å². The number of ether oxygens (including phenoxy) is 2. The third-order valence-corrected chi connectivity index (χ3v) is 6.33. The molecule has 172 valence electrons. The smallest absolute Gasteiger partial charge is 0.415 e. The molecule has 3 aromatic rings. The van der Waals surface area contributed by atoms with Gasteiger partial charge in [-0.15, -0.1) is 0 Å². The standard InChI is InChI=1S/C23H24FN5O4/c1-28-8-6-23(7-9-28)12-29(22(31)33-23)17-10-14-16(11-19(17)32-2)25-13-26-21(14)27-15-4-3-5-18(30)20(15)24/h3-5,10-11,13,30H,6-9,12H2,1-2H3,(H,25,26,27). The van der Waals surface area contributed by atoms with Gasteiger partial charge < -0.3 is 24.8 Å². The number of nitrogens with zero attached hydrogens (tertiary/aromatic N) is 4. The van der Waals surface area contributed by atoms with Crippen molar-refractivity contribution in [2.45, 2.75) is 18.4 Å². The van der Waals surface area contributed by atoms with Crippen molar-refractivity contribution in [1.82, 2.24) is 14.9 Å². The Balaban J connectivity index is 1.55. The summed E-state index contributed by atoms with van der Waals surface area (Å²) in [5.41, 5.74) is 0.621. The lowest BCUT2D eigenvalue weighted by molar-refractivity contribution is 0.00678. The fourth-order valence-electron chi connectivity index (χ4n) is 4.39. The summed E-state index contributed by atoms with van der Waals surface area (Å²) in [5.74, 6) is -0.457. The molecule has 0 bridgehead atoms. The number of nitrogens with one attached hydrogen (secondary N) is 1. The summed E-state index contributed by atoms with van der Waals surface area (Å²) in [7, 11) is 3.58. The lowest BCUT2D eigenvalue weighted by atomic mass is 9.91. The molecular formula is C23H24FN5O4. The summed E-state index contributed by atoms with van der Waals surface area (Å²) in [6.45, 7) is 2.12. The van der Waals surface area contributed by atoms with E-state index < -0.39 is 23.3 Å². The molecule has 1 aromatic heterocycles. The van der Waals surface area contributed by atoms with Crippen LogP contribution in [-0.2, 0) is 4.74 Å². The fourth-order valence-corrected chi connectivity index (χ4v) is 4.39. The number of carbonyl (C=O) groups is 1. The Hall–Kier alpha value is -3.66. The maximum atomic E-state index is 14.4. The number of rotatable bonds is 4. The molecular weight excluding hydrogens is 429 g/mol. The Morgan fingerprint density at radius 1 is 1.24 bits per heavy atom. The van der Waals surface area contributed by atoms with Gasteiger partial charge in [0.25, 0.3) is 0 Å². The van der Waals surface area contributed by atoms with Gasteiger partial charge in [0.15, 0.2) is 11.6 Å². The number of aromatic nitrogens is 2. The van der Waals surface area contributed by atoms with Crippen LogP contribution < -0.4 is 15.0 Å². The number of amides is 1. The maximum Gasteiger partial charge on any atom is 0.415 e. The average molecular weight is 453 g/mol. The number of halogens is 1. The molecule has 0 radical (unpaired) electrons. The molecule has 33 heavy (non-hydrogen) atoms. The van der Waals surface area contributed by atoms with Crippen LogP contribution in [0.4, 0.5) is 26.4 Å². The Labute approximate surface area is 189 Å². The Morgan fingerprint density at radius 3 is 2.79 bits per heavy atom. The molecule has 9 nitrogen and oxygen atoms in total. The molecule has 0 unspecified atom stereocenters. The third kappa shape index (κ3) is 3.76. The van der Waals surface area contributed by atoms with Crippen molar-refractivity contribution >= 4 is 34.2 Å². The van der Waals surface area contributed by atoms with Crippen molar-refractivity contribution in [1.29, 1.82) is 0 Å². The molecule has 2 aliphatic heterocycles. The highest BCUT2D eigenvalue weighted by Gasteiger charge is 2.47. The second-order valence-electron chi connectivity index (χ2n) is 8.47. The second-order valence-corrected chi connectivity index (χ2v) is 8.47. The van der Waals surface area contributed by atoms with E-state index in [2.05, 4.69) is 27.2 Å². The summed E-state index contributed by atoms with van der Waals surface area (Å²) < 4.78 is 25.8. The number of methoxy groups -OCH3 is 1. The van der Waals surface area contributed by atoms with Crippen LogP contribution in [0.1, 0.15) is 12.8 Å². The van der Waals surface area contributed by atoms with Gasteiger partial charge in [0, 0.05) is 37.4 Å². The molecule has 1 spiro atoms. The van der Waals surface area contributed by atoms with E-state index in [0.29, 0.717) is 34.7 Å². The number of likely N-dealkylation sites (tertiary alicyclic amines) is 1. The van der Waals surface area contributed by atoms with E-state index in [1.807, 2.05) is 0 Å². The van der Waals surface area contributed by atoms with Crippen LogP contribution in [-0.4, -0.2) is 65.5 Å². The second kappa shape index (κ2) is 8.04. The lowest BCUT2D eigenvalue weighted by Crippen LogP contribution is -2.45. The van der Waals surface area contributed by atoms with E-state index in [4.69, 9.17) is 9.47 Å². The predicted molar refractivity (Wildman–Crippen MR) is 121 cm³/mol. The molecule has 2 aromatic carbocycles. The van der Waals surface area contributed by atoms with Gasteiger partial charge >= 0.3 is 6.09 Å². The molecule has 2 aliphatic rings. The number of phenolic OH excluding ortho intramolecular Hbond substituents is 1. The minimum atomic E-state index is -0.787. The molecule has 0 atom stereocenters. The van der Waals surface area contributed by atoms with E-state index in [9.17, 15) is 14.3 Å². The van der Waals surface area contributed by atoms with E-state index in [1.165, 1.54) is 31.6 Å². The van der Waals surface area contributed by atoms with Crippen molar-refractivity contribution in [3.05, 3.63) is 42.5 Å². The number of aromatic hydroxyl groups is 1. The monoisotopic (exact) mass is 453 g/mol. The van der Waals surface area contributed by atoms with Gasteiger partial charge in [-0.25, -0.2) is 19.2 Å². The Morgan fingerprint density at radius 2 is 2.03 bits per heavy atom. The zero-order valence-electron chi connectivity index (χ0n) is 18.3. The highest BCUT2D eigenvalue weighted by Crippen LogP contribution is 2.41. The van der Waals surface area contributed by atoms with Gasteiger partial charge in [-0.1, -0.05) is 6.07 Å². The van der Waals surface area contributed by atoms with Crippen molar-refractivity contribution in [3.8, 4) is 11.5 Å². The number of carbonyl (C=O) groups excluding carboxylic acids is 1. The highest BCUT2D eigenvalue weighted by molar-refractivity contribution is 6.00. The van der Waals surface area contributed by atoms with E-state index in [-0.39, 0.29) is 5.69 Å². The van der Waals surface area contributed by atoms with Crippen LogP contribution in [0.3, 0.4) is 0 Å². The molecule has 10 heteroatoms. The molecule has 0 aliphatic carbocycles. The van der Waals surface area contributed by atoms with Gasteiger partial charge in [0.05, 0.1) is 30.5 Å². The molecule has 2 saturated heterocycles. The normalized spacial score (nSPS) is 18.0. The quantitative estimate of drug-likeness (QED) is 0.618. The SMILES string of the molecule is COc1cc2ncnc(Nc3cccc(O)c3F)c2cc1N1CC2(CCN(C)CC2)OC1=O. The maximum absolute atomic E-state index is 14.4. The number of fused-ring (bicyclic) bond motifs is 1. The number of anilines is 3. The lowest BCUT2D eigenvalue weighted by Gasteiger charge is -2.35. The summed E-state index contributed by atoms with van der Waals surface area (Å²) >= 11 is 0. The van der Waals surface area contributed by atoms with Gasteiger partial charge in [0.1, 0.15) is 23.5 Å². The van der Waals surface area contributed by atoms with Crippen LogP contribution >= 0.6 is 0 Å². The van der Waals surface area contributed by atoms with Crippen molar-refractivity contribution in [3.63, 3.8) is 0 Å². The molecule has 3 heterocycles. The first-order valence-corrected chi connectivity index (χ1v) is 10.7. The minimum absolute atomic E-state index is 0.0678. The Bertz CT molecular complexity index is 1230. The van der Waals surface area contributed by atoms with Crippen LogP contribution in [0, 0.1) is 5.82 Å². The van der Waals surface area contributed by atoms with Gasteiger partial charge in [0.2, 0.25) is 0 Å². The summed E-state index contributed by atoms with van der Waals surface area (Å²) in [6, 6.07) is 7.74. The zero-order chi connectivity index (χ0) is 23.2. The number of piperidine rings is 1. The first-order valence-electron chi connectivity index (χ1n) is 10.7. The van der Waals surface area contributed by atoms with Gasteiger partial charge in [-0.2, -0.15) is 0 Å². The molecule has 2 fully saturated rings. The Kier molecular flexibility index (Phi) is 5.16. The molecule has 2 N–H and O–H groups in total. The average Bonchev–Trinajstić information content (AvgIpc) is 3.14. The van der Waals surface area contributed by atoms with E-state index in [0.717, 1.165) is 25.9 Å². The van der Waals surface area contributed by atoms with Crippen molar-refractivity contribution in [2.24, 2.45) is 0 Å². The molecule has 0 saturated carbocycles. The van der Waals surface area contributed by atoms with Crippen molar-refractivity contribution in [2.75, 3.05) is 44.0 Å². The minimum Gasteiger partial charge on any atom is -0.505 e. The van der Waals surface area contributed by atoms with Crippen LogP contribution in [0.25, 0.3) is 10.9 Å². The molecule has 1 amide bonds. The number of benzene rings is 2. The first kappa shape index (κ1) is 21.2. The molecule has 5 rings (SSSR count). The summed E-state index contributed by atoms with van der Waals surface area (Å²) in [5, 5.41) is 13.2. The zero-order valence-corrected chi connectivity index (χ0v) is 18.3. The fraction of sp³-hybridized carbons (Fsp3) is 0.348. The topological polar surface area (TPSA) is 100 Å². The summed E-state index contributed by atoms with van der Waals surface area (Å²) in [4.78, 5) is 25.2. The van der Waals surface area contributed by atoms with E-state index in [1.54, 1.807) is 17.0 Å².